The fraction of sp³-hybridized carbons (Fsp3) is 0.120. The molecule has 0 aliphatic carbocycles. The predicted octanol–water partition coefficient (Wildman–Crippen LogP) is 5.70. The first kappa shape index (κ1) is 22.9. The lowest BCUT2D eigenvalue weighted by molar-refractivity contribution is -0.116. The number of thiophene rings is 1. The number of imidazole rings is 1. The molecule has 0 aliphatic rings. The van der Waals surface area contributed by atoms with Gasteiger partial charge in [0.1, 0.15) is 16.9 Å². The predicted molar refractivity (Wildman–Crippen MR) is 137 cm³/mol. The van der Waals surface area contributed by atoms with Crippen LogP contribution in [0.2, 0.25) is 0 Å². The van der Waals surface area contributed by atoms with Crippen LogP contribution in [0.5, 0.6) is 0 Å². The standard InChI is InChI=1S/C25H18F2N8OS/c1-2-3-18(36)31-13-8-12(9-28-10-13)21-20(27)19-15(11-30-21)34-35-23(19)25-32-22-14(6-7-29-24(22)33-25)16-4-5-17(26)37-16/h4-11H,2-3H2,1H3,(H,31,36)(H,34,35)(H,29,32,33). The molecular formula is C25H18F2N8OS. The molecule has 0 aromatic carbocycles. The minimum Gasteiger partial charge on any atom is -0.325 e. The molecule has 184 valence electrons. The Hall–Kier alpha value is -4.58. The average molecular weight is 517 g/mol. The molecule has 0 saturated heterocycles. The van der Waals surface area contributed by atoms with E-state index in [1.54, 1.807) is 24.4 Å². The van der Waals surface area contributed by atoms with Gasteiger partial charge in [0.25, 0.3) is 0 Å². The number of pyridine rings is 3. The average Bonchev–Trinajstić information content (AvgIpc) is 3.62. The van der Waals surface area contributed by atoms with Crippen LogP contribution in [-0.2, 0) is 4.79 Å². The molecule has 6 rings (SSSR count). The van der Waals surface area contributed by atoms with Crippen LogP contribution in [0.3, 0.4) is 0 Å². The lowest BCUT2D eigenvalue weighted by atomic mass is 10.1. The van der Waals surface area contributed by atoms with Gasteiger partial charge in [-0.25, -0.2) is 14.4 Å². The molecule has 6 aromatic heterocycles. The number of anilines is 1. The van der Waals surface area contributed by atoms with Crippen molar-refractivity contribution in [2.75, 3.05) is 5.32 Å². The second kappa shape index (κ2) is 9.13. The quantitative estimate of drug-likeness (QED) is 0.261. The molecule has 9 nitrogen and oxygen atoms in total. The first-order valence-corrected chi connectivity index (χ1v) is 12.2. The molecule has 0 unspecified atom stereocenters. The van der Waals surface area contributed by atoms with Crippen molar-refractivity contribution in [3.8, 4) is 33.2 Å². The summed E-state index contributed by atoms with van der Waals surface area (Å²) in [4.78, 5) is 33.1. The van der Waals surface area contributed by atoms with E-state index in [2.05, 4.69) is 40.4 Å². The summed E-state index contributed by atoms with van der Waals surface area (Å²) in [5.41, 5.74) is 3.22. The van der Waals surface area contributed by atoms with Crippen molar-refractivity contribution in [1.29, 1.82) is 0 Å². The topological polar surface area (TPSA) is 125 Å². The van der Waals surface area contributed by atoms with Gasteiger partial charge in [-0.05, 0) is 30.7 Å². The first-order valence-electron chi connectivity index (χ1n) is 11.4. The van der Waals surface area contributed by atoms with Crippen molar-refractivity contribution in [3.63, 3.8) is 0 Å². The highest BCUT2D eigenvalue weighted by molar-refractivity contribution is 7.14. The highest BCUT2D eigenvalue weighted by atomic mass is 32.1. The monoisotopic (exact) mass is 516 g/mol. The number of hydrogen-bond donors (Lipinski definition) is 3. The number of nitrogens with one attached hydrogen (secondary N) is 3. The number of halogens is 2. The van der Waals surface area contributed by atoms with E-state index in [1.807, 2.05) is 6.92 Å². The maximum atomic E-state index is 15.9. The van der Waals surface area contributed by atoms with E-state index in [9.17, 15) is 9.18 Å². The summed E-state index contributed by atoms with van der Waals surface area (Å²) in [6.45, 7) is 1.91. The van der Waals surface area contributed by atoms with Gasteiger partial charge in [-0.2, -0.15) is 9.49 Å². The summed E-state index contributed by atoms with van der Waals surface area (Å²) < 4.78 is 29.6. The van der Waals surface area contributed by atoms with Crippen molar-refractivity contribution in [1.82, 2.24) is 35.1 Å². The van der Waals surface area contributed by atoms with E-state index in [-0.39, 0.29) is 27.8 Å². The van der Waals surface area contributed by atoms with Crippen LogP contribution in [0, 0.1) is 10.9 Å². The number of carbonyl (C=O) groups is 1. The highest BCUT2D eigenvalue weighted by Gasteiger charge is 2.22. The first-order chi connectivity index (χ1) is 18.0. The van der Waals surface area contributed by atoms with E-state index in [0.29, 0.717) is 57.0 Å². The van der Waals surface area contributed by atoms with E-state index in [4.69, 9.17) is 0 Å². The van der Waals surface area contributed by atoms with Gasteiger partial charge in [-0.15, -0.1) is 11.3 Å². The van der Waals surface area contributed by atoms with Crippen molar-refractivity contribution in [2.45, 2.75) is 19.8 Å². The van der Waals surface area contributed by atoms with E-state index >= 15 is 4.39 Å². The second-order valence-corrected chi connectivity index (χ2v) is 9.32. The molecule has 3 N–H and O–H groups in total. The van der Waals surface area contributed by atoms with E-state index in [1.165, 1.54) is 24.7 Å². The van der Waals surface area contributed by atoms with Crippen LogP contribution in [0.4, 0.5) is 14.5 Å². The summed E-state index contributed by atoms with van der Waals surface area (Å²) in [5.74, 6) is -0.465. The Balaban J connectivity index is 1.44. The summed E-state index contributed by atoms with van der Waals surface area (Å²) >= 11 is 1.00. The smallest absolute Gasteiger partial charge is 0.224 e. The van der Waals surface area contributed by atoms with Crippen LogP contribution in [-0.4, -0.2) is 41.0 Å². The zero-order chi connectivity index (χ0) is 25.5. The molecule has 0 bridgehead atoms. The minimum absolute atomic E-state index is 0.0539. The van der Waals surface area contributed by atoms with Crippen molar-refractivity contribution in [3.05, 3.63) is 60.0 Å². The number of rotatable bonds is 6. The van der Waals surface area contributed by atoms with Gasteiger partial charge in [0.2, 0.25) is 5.91 Å². The largest absolute Gasteiger partial charge is 0.325 e. The zero-order valence-electron chi connectivity index (χ0n) is 19.3. The number of hydrogen-bond acceptors (Lipinski definition) is 7. The fourth-order valence-electron chi connectivity index (χ4n) is 4.12. The number of aromatic nitrogens is 7. The molecule has 37 heavy (non-hydrogen) atoms. The number of H-pyrrole nitrogens is 2. The fourth-order valence-corrected chi connectivity index (χ4v) is 4.87. The van der Waals surface area contributed by atoms with Crippen molar-refractivity contribution in [2.24, 2.45) is 0 Å². The minimum atomic E-state index is -0.617. The number of fused-ring (bicyclic) bond motifs is 2. The molecule has 0 radical (unpaired) electrons. The summed E-state index contributed by atoms with van der Waals surface area (Å²) in [6, 6.07) is 6.44. The molecule has 0 atom stereocenters. The van der Waals surface area contributed by atoms with Gasteiger partial charge >= 0.3 is 0 Å². The number of aromatic amines is 2. The molecule has 0 fully saturated rings. The molecule has 0 aliphatic heterocycles. The van der Waals surface area contributed by atoms with Crippen molar-refractivity contribution >= 4 is 45.0 Å². The maximum absolute atomic E-state index is 15.9. The summed E-state index contributed by atoms with van der Waals surface area (Å²) in [7, 11) is 0. The Labute approximate surface area is 212 Å². The summed E-state index contributed by atoms with van der Waals surface area (Å²) in [6.07, 6.45) is 7.13. The Kier molecular flexibility index (Phi) is 5.64. The van der Waals surface area contributed by atoms with E-state index < -0.39 is 5.82 Å². The third kappa shape index (κ3) is 4.10. The van der Waals surface area contributed by atoms with Gasteiger partial charge < -0.3 is 10.3 Å². The number of nitrogens with zero attached hydrogens (tertiary/aromatic N) is 5. The van der Waals surface area contributed by atoms with E-state index in [0.717, 1.165) is 11.3 Å². The van der Waals surface area contributed by atoms with Crippen molar-refractivity contribution < 1.29 is 13.6 Å². The molecule has 0 saturated carbocycles. The van der Waals surface area contributed by atoms with Crippen LogP contribution in [0.25, 0.3) is 55.3 Å². The third-order valence-corrected chi connectivity index (χ3v) is 6.67. The van der Waals surface area contributed by atoms with Crippen LogP contribution < -0.4 is 5.32 Å². The Bertz CT molecular complexity index is 1790. The Morgan fingerprint density at radius 3 is 2.81 bits per heavy atom. The number of carbonyl (C=O) groups excluding carboxylic acids is 1. The lowest BCUT2D eigenvalue weighted by Gasteiger charge is -2.07. The second-order valence-electron chi connectivity index (χ2n) is 8.29. The lowest BCUT2D eigenvalue weighted by Crippen LogP contribution is -2.10. The molecule has 0 spiro atoms. The van der Waals surface area contributed by atoms with Gasteiger partial charge in [-0.3, -0.25) is 19.9 Å². The molecule has 6 heterocycles. The van der Waals surface area contributed by atoms with Crippen LogP contribution in [0.1, 0.15) is 19.8 Å². The number of amides is 1. The third-order valence-electron chi connectivity index (χ3n) is 5.76. The molecule has 1 amide bonds. The van der Waals surface area contributed by atoms with Gasteiger partial charge in [0.15, 0.2) is 22.4 Å². The van der Waals surface area contributed by atoms with Crippen LogP contribution in [0.15, 0.2) is 49.1 Å². The zero-order valence-corrected chi connectivity index (χ0v) is 20.2. The molecule has 12 heteroatoms. The molecule has 6 aromatic rings. The van der Waals surface area contributed by atoms with Gasteiger partial charge in [-0.1, -0.05) is 6.92 Å². The molecular weight excluding hydrogens is 498 g/mol. The van der Waals surface area contributed by atoms with Gasteiger partial charge in [0.05, 0.1) is 29.0 Å². The Morgan fingerprint density at radius 1 is 1.11 bits per heavy atom. The Morgan fingerprint density at radius 2 is 2.00 bits per heavy atom. The normalized spacial score (nSPS) is 11.4. The van der Waals surface area contributed by atoms with Crippen LogP contribution >= 0.6 is 11.3 Å². The summed E-state index contributed by atoms with van der Waals surface area (Å²) in [5, 5.41) is 9.73. The van der Waals surface area contributed by atoms with Gasteiger partial charge in [0, 0.05) is 34.8 Å². The SMILES string of the molecule is CCCC(=O)Nc1cncc(-c2ncc3[nH]nc(-c4nc5c(-c6ccc(F)s6)ccnc5[nH]4)c3c2F)c1. The highest BCUT2D eigenvalue weighted by Crippen LogP contribution is 2.35. The maximum Gasteiger partial charge on any atom is 0.224 e.